The van der Waals surface area contributed by atoms with Crippen LogP contribution in [0.15, 0.2) is 36.4 Å². The summed E-state index contributed by atoms with van der Waals surface area (Å²) in [5, 5.41) is 0. The zero-order chi connectivity index (χ0) is 21.3. The third-order valence-corrected chi connectivity index (χ3v) is 7.37. The number of methoxy groups -OCH3 is 2. The molecule has 0 N–H and O–H groups in total. The molecule has 4 aliphatic rings. The van der Waals surface area contributed by atoms with Gasteiger partial charge < -0.3 is 9.47 Å². The van der Waals surface area contributed by atoms with Crippen molar-refractivity contribution in [2.24, 2.45) is 0 Å². The Labute approximate surface area is 187 Å². The highest BCUT2D eigenvalue weighted by atomic mass is 32.2. The van der Waals surface area contributed by atoms with Gasteiger partial charge in [-0.25, -0.2) is 9.59 Å². The van der Waals surface area contributed by atoms with Gasteiger partial charge in [-0.05, 0) is 71.6 Å². The smallest absolute Gasteiger partial charge is 0.338 e. The van der Waals surface area contributed by atoms with E-state index in [0.717, 1.165) is 48.3 Å². The molecule has 2 aromatic rings. The van der Waals surface area contributed by atoms with Gasteiger partial charge >= 0.3 is 11.9 Å². The van der Waals surface area contributed by atoms with E-state index in [-0.39, 0.29) is 11.9 Å². The van der Waals surface area contributed by atoms with Gasteiger partial charge in [-0.3, -0.25) is 0 Å². The van der Waals surface area contributed by atoms with E-state index >= 15 is 0 Å². The Kier molecular flexibility index (Phi) is 8.70. The van der Waals surface area contributed by atoms with Crippen molar-refractivity contribution in [3.05, 3.63) is 69.8 Å². The summed E-state index contributed by atoms with van der Waals surface area (Å²) in [5.41, 5.74) is 5.47. The maximum absolute atomic E-state index is 12.4. The molecule has 0 amide bonds. The predicted octanol–water partition coefficient (Wildman–Crippen LogP) is 5.31. The fourth-order valence-corrected chi connectivity index (χ4v) is 5.42. The van der Waals surface area contributed by atoms with Crippen LogP contribution in [0.5, 0.6) is 0 Å². The first kappa shape index (κ1) is 22.8. The summed E-state index contributed by atoms with van der Waals surface area (Å²) in [5.74, 6) is 2.55. The SMILES string of the molecule is COC(=O)c1cc2c(C(=O)OC)cc1CSCCCc1ccc(cc1)CCCSC2. The molecule has 160 valence electrons. The fourth-order valence-electron chi connectivity index (χ4n) is 3.52. The summed E-state index contributed by atoms with van der Waals surface area (Å²) in [6, 6.07) is 12.6. The molecule has 0 saturated heterocycles. The van der Waals surface area contributed by atoms with Crippen molar-refractivity contribution in [3.8, 4) is 0 Å². The molecule has 30 heavy (non-hydrogen) atoms. The largest absolute Gasteiger partial charge is 0.465 e. The Morgan fingerprint density at radius 3 is 1.50 bits per heavy atom. The Morgan fingerprint density at radius 1 is 0.733 bits per heavy atom. The number of aryl methyl sites for hydroxylation is 2. The number of rotatable bonds is 2. The van der Waals surface area contributed by atoms with Gasteiger partial charge in [0.15, 0.2) is 0 Å². The van der Waals surface area contributed by atoms with Crippen LogP contribution in [-0.2, 0) is 33.8 Å². The molecule has 4 heterocycles. The van der Waals surface area contributed by atoms with Gasteiger partial charge in [-0.2, -0.15) is 23.5 Å². The predicted molar refractivity (Wildman–Crippen MR) is 125 cm³/mol. The van der Waals surface area contributed by atoms with E-state index in [9.17, 15) is 9.59 Å². The normalized spacial score (nSPS) is 15.3. The standard InChI is InChI=1S/C24H28O4S2/c1-27-23(25)21-13-20-16-30-12-4-6-18-9-7-17(8-10-18)5-3-11-29-15-19(21)14-22(20)24(26)28-2/h7-10,13-14H,3-6,11-12,15-16H2,1-2H3. The number of benzene rings is 2. The fraction of sp³-hybridized carbons (Fsp3) is 0.417. The Hall–Kier alpha value is -1.92. The van der Waals surface area contributed by atoms with E-state index < -0.39 is 0 Å². The molecule has 4 bridgehead atoms. The summed E-state index contributed by atoms with van der Waals surface area (Å²) in [6.45, 7) is 0. The Bertz CT molecular complexity index is 805. The Morgan fingerprint density at radius 2 is 1.13 bits per heavy atom. The summed E-state index contributed by atoms with van der Waals surface area (Å²) < 4.78 is 10.0. The van der Waals surface area contributed by atoms with Crippen LogP contribution in [0, 0.1) is 0 Å². The molecule has 2 aromatic carbocycles. The van der Waals surface area contributed by atoms with Gasteiger partial charge in [0.25, 0.3) is 0 Å². The lowest BCUT2D eigenvalue weighted by Gasteiger charge is -2.15. The molecule has 6 rings (SSSR count). The van der Waals surface area contributed by atoms with Crippen LogP contribution in [0.4, 0.5) is 0 Å². The molecule has 0 unspecified atom stereocenters. The van der Waals surface area contributed by atoms with E-state index in [0.29, 0.717) is 22.6 Å². The van der Waals surface area contributed by atoms with Gasteiger partial charge in [0.1, 0.15) is 0 Å². The average Bonchev–Trinajstić information content (AvgIpc) is 2.78. The number of hydrogen-bond acceptors (Lipinski definition) is 6. The van der Waals surface area contributed by atoms with Crippen molar-refractivity contribution in [1.29, 1.82) is 0 Å². The topological polar surface area (TPSA) is 52.6 Å². The summed E-state index contributed by atoms with van der Waals surface area (Å²) in [7, 11) is 2.79. The van der Waals surface area contributed by atoms with E-state index in [2.05, 4.69) is 24.3 Å². The number of hydrogen-bond donors (Lipinski definition) is 0. The third-order valence-electron chi connectivity index (χ3n) is 5.19. The molecule has 4 aliphatic heterocycles. The monoisotopic (exact) mass is 444 g/mol. The lowest BCUT2D eigenvalue weighted by atomic mass is 10.00. The minimum Gasteiger partial charge on any atom is -0.465 e. The molecular weight excluding hydrogens is 416 g/mol. The zero-order valence-corrected chi connectivity index (χ0v) is 19.2. The highest BCUT2D eigenvalue weighted by Gasteiger charge is 2.20. The lowest BCUT2D eigenvalue weighted by Crippen LogP contribution is -2.12. The first-order valence-electron chi connectivity index (χ1n) is 10.2. The second-order valence-electron chi connectivity index (χ2n) is 7.28. The molecule has 0 spiro atoms. The van der Waals surface area contributed by atoms with E-state index in [1.54, 1.807) is 23.5 Å². The molecule has 0 radical (unpaired) electrons. The summed E-state index contributed by atoms with van der Waals surface area (Å²) in [4.78, 5) is 24.8. The van der Waals surface area contributed by atoms with Gasteiger partial charge in [0.2, 0.25) is 0 Å². The number of esters is 2. The second-order valence-corrected chi connectivity index (χ2v) is 9.49. The molecular formula is C24H28O4S2. The molecule has 0 fully saturated rings. The lowest BCUT2D eigenvalue weighted by molar-refractivity contribution is 0.0585. The van der Waals surface area contributed by atoms with Gasteiger partial charge in [-0.1, -0.05) is 24.3 Å². The van der Waals surface area contributed by atoms with Gasteiger partial charge in [-0.15, -0.1) is 0 Å². The molecule has 0 aromatic heterocycles. The molecule has 6 heteroatoms. The van der Waals surface area contributed by atoms with Crippen LogP contribution in [0.3, 0.4) is 0 Å². The van der Waals surface area contributed by atoms with Crippen molar-refractivity contribution < 1.29 is 19.1 Å². The van der Waals surface area contributed by atoms with Crippen molar-refractivity contribution in [2.75, 3.05) is 25.7 Å². The van der Waals surface area contributed by atoms with E-state index in [1.165, 1.54) is 25.3 Å². The highest BCUT2D eigenvalue weighted by Crippen LogP contribution is 2.27. The maximum Gasteiger partial charge on any atom is 0.338 e. The van der Waals surface area contributed by atoms with E-state index in [4.69, 9.17) is 9.47 Å². The minimum atomic E-state index is -0.359. The van der Waals surface area contributed by atoms with Crippen molar-refractivity contribution in [1.82, 2.24) is 0 Å². The van der Waals surface area contributed by atoms with Gasteiger partial charge in [0, 0.05) is 11.5 Å². The molecule has 0 aliphatic carbocycles. The quantitative estimate of drug-likeness (QED) is 0.586. The van der Waals surface area contributed by atoms with E-state index in [1.807, 2.05) is 12.1 Å². The zero-order valence-electron chi connectivity index (χ0n) is 17.6. The highest BCUT2D eigenvalue weighted by molar-refractivity contribution is 7.98. The van der Waals surface area contributed by atoms with Crippen molar-refractivity contribution in [2.45, 2.75) is 37.2 Å². The summed E-state index contributed by atoms with van der Waals surface area (Å²) in [6.07, 6.45) is 4.21. The van der Waals surface area contributed by atoms with Gasteiger partial charge in [0.05, 0.1) is 25.3 Å². The number of carbonyl (C=O) groups excluding carboxylic acids is 2. The average molecular weight is 445 g/mol. The molecule has 4 nitrogen and oxygen atoms in total. The number of ether oxygens (including phenoxy) is 2. The van der Waals surface area contributed by atoms with Crippen LogP contribution < -0.4 is 0 Å². The van der Waals surface area contributed by atoms with Crippen LogP contribution in [0.25, 0.3) is 0 Å². The van der Waals surface area contributed by atoms with Crippen LogP contribution >= 0.6 is 23.5 Å². The van der Waals surface area contributed by atoms with Crippen molar-refractivity contribution >= 4 is 35.5 Å². The first-order valence-corrected chi connectivity index (χ1v) is 12.5. The van der Waals surface area contributed by atoms with Crippen LogP contribution in [0.2, 0.25) is 0 Å². The van der Waals surface area contributed by atoms with Crippen LogP contribution in [0.1, 0.15) is 55.8 Å². The van der Waals surface area contributed by atoms with Crippen molar-refractivity contribution in [3.63, 3.8) is 0 Å². The first-order chi connectivity index (χ1) is 14.6. The summed E-state index contributed by atoms with van der Waals surface area (Å²) >= 11 is 3.54. The molecule has 0 saturated carbocycles. The van der Waals surface area contributed by atoms with Crippen LogP contribution in [-0.4, -0.2) is 37.7 Å². The molecule has 0 atom stereocenters. The Balaban J connectivity index is 1.88. The number of thioether (sulfide) groups is 2. The minimum absolute atomic E-state index is 0.359. The number of carbonyl (C=O) groups is 2. The maximum atomic E-state index is 12.4. The second kappa shape index (κ2) is 11.5. The third kappa shape index (κ3) is 6.05.